The van der Waals surface area contributed by atoms with Crippen LogP contribution in [0.4, 0.5) is 0 Å². The SMILES string of the molecule is Cc1ccc(C)c(-c2[nH]ncc2CN2[C@H]3CCNC[C@@H]2CC3)c1. The fourth-order valence-electron chi connectivity index (χ4n) is 4.21. The third kappa shape index (κ3) is 2.81. The van der Waals surface area contributed by atoms with Crippen LogP contribution in [0.5, 0.6) is 0 Å². The van der Waals surface area contributed by atoms with E-state index >= 15 is 0 Å². The average Bonchev–Trinajstić information content (AvgIpc) is 3.06. The van der Waals surface area contributed by atoms with Gasteiger partial charge in [0.25, 0.3) is 0 Å². The molecule has 3 heterocycles. The predicted octanol–water partition coefficient (Wildman–Crippen LogP) is 3.02. The lowest BCUT2D eigenvalue weighted by Crippen LogP contribution is -2.37. The van der Waals surface area contributed by atoms with Crippen LogP contribution in [0.2, 0.25) is 0 Å². The summed E-state index contributed by atoms with van der Waals surface area (Å²) >= 11 is 0. The second-order valence-corrected chi connectivity index (χ2v) is 7.14. The van der Waals surface area contributed by atoms with Gasteiger partial charge in [-0.25, -0.2) is 0 Å². The molecule has 2 aliphatic heterocycles. The maximum Gasteiger partial charge on any atom is 0.0698 e. The monoisotopic (exact) mass is 310 g/mol. The summed E-state index contributed by atoms with van der Waals surface area (Å²) in [5, 5.41) is 11.2. The molecule has 0 saturated carbocycles. The molecule has 2 saturated heterocycles. The Bertz CT molecular complexity index is 676. The Morgan fingerprint density at radius 1 is 1.17 bits per heavy atom. The molecular weight excluding hydrogens is 284 g/mol. The first-order chi connectivity index (χ1) is 11.2. The summed E-state index contributed by atoms with van der Waals surface area (Å²) < 4.78 is 0. The second kappa shape index (κ2) is 6.10. The van der Waals surface area contributed by atoms with Crippen LogP contribution >= 0.6 is 0 Å². The lowest BCUT2D eigenvalue weighted by Gasteiger charge is -2.27. The maximum absolute atomic E-state index is 4.36. The molecule has 0 unspecified atom stereocenters. The van der Waals surface area contributed by atoms with Gasteiger partial charge in [-0.15, -0.1) is 0 Å². The molecule has 2 fully saturated rings. The third-order valence-electron chi connectivity index (χ3n) is 5.54. The van der Waals surface area contributed by atoms with Crippen molar-refractivity contribution in [2.24, 2.45) is 0 Å². The molecule has 0 radical (unpaired) electrons. The number of benzene rings is 1. The molecule has 2 atom stereocenters. The Balaban J connectivity index is 1.64. The van der Waals surface area contributed by atoms with Crippen molar-refractivity contribution in [3.63, 3.8) is 0 Å². The molecule has 4 heteroatoms. The number of aromatic nitrogens is 2. The van der Waals surface area contributed by atoms with Crippen molar-refractivity contribution in [1.29, 1.82) is 0 Å². The summed E-state index contributed by atoms with van der Waals surface area (Å²) in [7, 11) is 0. The first kappa shape index (κ1) is 14.9. The topological polar surface area (TPSA) is 44.0 Å². The number of nitrogens with zero attached hydrogens (tertiary/aromatic N) is 2. The van der Waals surface area contributed by atoms with Crippen LogP contribution in [-0.4, -0.2) is 40.3 Å². The minimum absolute atomic E-state index is 0.684. The average molecular weight is 310 g/mol. The van der Waals surface area contributed by atoms with Crippen molar-refractivity contribution in [3.05, 3.63) is 41.1 Å². The lowest BCUT2D eigenvalue weighted by atomic mass is 10.00. The standard InChI is InChI=1S/C19H26N4/c1-13-3-4-14(2)18(9-13)19-15(10-21-22-19)12-23-16-5-6-17(23)11-20-8-7-16/h3-4,9-10,16-17,20H,5-8,11-12H2,1-2H3,(H,21,22)/t16-,17+/m1/s1. The molecule has 1 aromatic heterocycles. The van der Waals surface area contributed by atoms with E-state index < -0.39 is 0 Å². The number of aromatic amines is 1. The third-order valence-corrected chi connectivity index (χ3v) is 5.54. The van der Waals surface area contributed by atoms with Crippen LogP contribution in [0, 0.1) is 13.8 Å². The molecule has 23 heavy (non-hydrogen) atoms. The zero-order chi connectivity index (χ0) is 15.8. The van der Waals surface area contributed by atoms with E-state index in [2.05, 4.69) is 52.5 Å². The number of hydrogen-bond acceptors (Lipinski definition) is 3. The van der Waals surface area contributed by atoms with Gasteiger partial charge >= 0.3 is 0 Å². The zero-order valence-corrected chi connectivity index (χ0v) is 14.1. The smallest absolute Gasteiger partial charge is 0.0698 e. The summed E-state index contributed by atoms with van der Waals surface area (Å²) in [6.07, 6.45) is 5.97. The fourth-order valence-corrected chi connectivity index (χ4v) is 4.21. The Kier molecular flexibility index (Phi) is 3.95. The van der Waals surface area contributed by atoms with E-state index in [-0.39, 0.29) is 0 Å². The van der Waals surface area contributed by atoms with E-state index in [4.69, 9.17) is 0 Å². The van der Waals surface area contributed by atoms with Crippen molar-refractivity contribution in [2.45, 2.75) is 51.7 Å². The van der Waals surface area contributed by atoms with E-state index in [1.54, 1.807) is 0 Å². The Hall–Kier alpha value is -1.65. The molecular formula is C19H26N4. The highest BCUT2D eigenvalue weighted by molar-refractivity contribution is 5.67. The van der Waals surface area contributed by atoms with Gasteiger partial charge in [0.1, 0.15) is 0 Å². The number of nitrogens with one attached hydrogen (secondary N) is 2. The molecule has 2 aromatic rings. The first-order valence-corrected chi connectivity index (χ1v) is 8.78. The molecule has 0 spiro atoms. The highest BCUT2D eigenvalue weighted by Crippen LogP contribution is 2.32. The Morgan fingerprint density at radius 2 is 2.04 bits per heavy atom. The summed E-state index contributed by atoms with van der Waals surface area (Å²) in [5.74, 6) is 0. The van der Waals surface area contributed by atoms with Crippen LogP contribution in [0.3, 0.4) is 0 Å². The van der Waals surface area contributed by atoms with Gasteiger partial charge in [0.15, 0.2) is 0 Å². The van der Waals surface area contributed by atoms with Crippen LogP contribution in [0.15, 0.2) is 24.4 Å². The molecule has 0 aliphatic carbocycles. The Morgan fingerprint density at radius 3 is 2.96 bits per heavy atom. The minimum Gasteiger partial charge on any atom is -0.315 e. The first-order valence-electron chi connectivity index (χ1n) is 8.78. The maximum atomic E-state index is 4.36. The largest absolute Gasteiger partial charge is 0.315 e. The zero-order valence-electron chi connectivity index (χ0n) is 14.1. The van der Waals surface area contributed by atoms with Crippen LogP contribution in [0.1, 0.15) is 36.0 Å². The highest BCUT2D eigenvalue weighted by Gasteiger charge is 2.35. The van der Waals surface area contributed by atoms with Crippen molar-refractivity contribution < 1.29 is 0 Å². The summed E-state index contributed by atoms with van der Waals surface area (Å²) in [5.41, 5.74) is 6.42. The van der Waals surface area contributed by atoms with Gasteiger partial charge in [-0.05, 0) is 51.3 Å². The van der Waals surface area contributed by atoms with E-state index in [9.17, 15) is 0 Å². The van der Waals surface area contributed by atoms with Crippen LogP contribution < -0.4 is 5.32 Å². The molecule has 4 nitrogen and oxygen atoms in total. The molecule has 2 aliphatic rings. The van der Waals surface area contributed by atoms with Crippen molar-refractivity contribution in [3.8, 4) is 11.3 Å². The molecule has 2 N–H and O–H groups in total. The van der Waals surface area contributed by atoms with Gasteiger partial charge in [-0.1, -0.05) is 17.7 Å². The van der Waals surface area contributed by atoms with Crippen molar-refractivity contribution in [1.82, 2.24) is 20.4 Å². The summed E-state index contributed by atoms with van der Waals surface area (Å²) in [4.78, 5) is 2.71. The molecule has 1 aromatic carbocycles. The number of hydrogen-bond donors (Lipinski definition) is 2. The second-order valence-electron chi connectivity index (χ2n) is 7.14. The molecule has 2 bridgehead atoms. The molecule has 122 valence electrons. The van der Waals surface area contributed by atoms with Gasteiger partial charge in [0.05, 0.1) is 11.9 Å². The van der Waals surface area contributed by atoms with Gasteiger partial charge in [-0.2, -0.15) is 5.10 Å². The predicted molar refractivity (Wildman–Crippen MR) is 93.3 cm³/mol. The summed E-state index contributed by atoms with van der Waals surface area (Å²) in [6, 6.07) is 8.07. The van der Waals surface area contributed by atoms with E-state index in [0.29, 0.717) is 6.04 Å². The molecule has 0 amide bonds. The van der Waals surface area contributed by atoms with Gasteiger partial charge < -0.3 is 5.32 Å². The van der Waals surface area contributed by atoms with Gasteiger partial charge in [0.2, 0.25) is 0 Å². The van der Waals surface area contributed by atoms with E-state index in [1.165, 1.54) is 47.2 Å². The Labute approximate surface area is 138 Å². The van der Waals surface area contributed by atoms with Gasteiger partial charge in [0, 0.05) is 36.3 Å². The number of fused-ring (bicyclic) bond motifs is 2. The van der Waals surface area contributed by atoms with E-state index in [0.717, 1.165) is 25.7 Å². The number of rotatable bonds is 3. The van der Waals surface area contributed by atoms with E-state index in [1.807, 2.05) is 6.20 Å². The quantitative estimate of drug-likeness (QED) is 0.916. The lowest BCUT2D eigenvalue weighted by molar-refractivity contribution is 0.194. The van der Waals surface area contributed by atoms with Crippen LogP contribution in [0.25, 0.3) is 11.3 Å². The van der Waals surface area contributed by atoms with Crippen LogP contribution in [-0.2, 0) is 6.54 Å². The number of aryl methyl sites for hydroxylation is 2. The summed E-state index contributed by atoms with van der Waals surface area (Å²) in [6.45, 7) is 7.63. The number of H-pyrrole nitrogens is 1. The van der Waals surface area contributed by atoms with Crippen molar-refractivity contribution >= 4 is 0 Å². The van der Waals surface area contributed by atoms with Gasteiger partial charge in [-0.3, -0.25) is 10.00 Å². The fraction of sp³-hybridized carbons (Fsp3) is 0.526. The highest BCUT2D eigenvalue weighted by atomic mass is 15.2. The van der Waals surface area contributed by atoms with Crippen molar-refractivity contribution in [2.75, 3.05) is 13.1 Å². The normalized spacial score (nSPS) is 24.8. The minimum atomic E-state index is 0.684. The molecule has 4 rings (SSSR count).